The molecule has 2 rings (SSSR count). The third-order valence-corrected chi connectivity index (χ3v) is 2.64. The Morgan fingerprint density at radius 2 is 1.94 bits per heavy atom. The van der Waals surface area contributed by atoms with Gasteiger partial charge in [-0.2, -0.15) is 0 Å². The maximum Gasteiger partial charge on any atom is 0.149 e. The number of anilines is 4. The second-order valence-electron chi connectivity index (χ2n) is 4.35. The molecule has 0 radical (unpaired) electrons. The van der Waals surface area contributed by atoms with Crippen molar-refractivity contribution in [1.82, 2.24) is 9.97 Å². The average Bonchev–Trinajstić information content (AvgIpc) is 2.34. The summed E-state index contributed by atoms with van der Waals surface area (Å²) >= 11 is 0. The van der Waals surface area contributed by atoms with Crippen LogP contribution in [0.4, 0.5) is 23.0 Å². The van der Waals surface area contributed by atoms with E-state index in [1.807, 2.05) is 20.2 Å². The van der Waals surface area contributed by atoms with Gasteiger partial charge in [0.1, 0.15) is 11.6 Å². The smallest absolute Gasteiger partial charge is 0.149 e. The fourth-order valence-corrected chi connectivity index (χ4v) is 1.72. The van der Waals surface area contributed by atoms with E-state index in [2.05, 4.69) is 39.2 Å². The van der Waals surface area contributed by atoms with E-state index in [1.54, 1.807) is 6.20 Å². The highest BCUT2D eigenvalue weighted by Gasteiger charge is 2.03. The maximum atomic E-state index is 5.50. The summed E-state index contributed by atoms with van der Waals surface area (Å²) in [7, 11) is 4.05. The van der Waals surface area contributed by atoms with Crippen molar-refractivity contribution in [2.45, 2.75) is 6.92 Å². The van der Waals surface area contributed by atoms with Crippen LogP contribution in [0.2, 0.25) is 0 Å². The lowest BCUT2D eigenvalue weighted by Gasteiger charge is -2.17. The highest BCUT2D eigenvalue weighted by atomic mass is 15.1. The van der Waals surface area contributed by atoms with Gasteiger partial charge in [-0.05, 0) is 24.6 Å². The first-order chi connectivity index (χ1) is 8.56. The Labute approximate surface area is 107 Å². The fourth-order valence-electron chi connectivity index (χ4n) is 1.72. The second-order valence-corrected chi connectivity index (χ2v) is 4.35. The molecular formula is C13H17N5. The first-order valence-electron chi connectivity index (χ1n) is 5.69. The van der Waals surface area contributed by atoms with E-state index in [9.17, 15) is 0 Å². The van der Waals surface area contributed by atoms with Crippen molar-refractivity contribution in [2.75, 3.05) is 30.0 Å². The molecule has 0 atom stereocenters. The quantitative estimate of drug-likeness (QED) is 0.864. The minimum absolute atomic E-state index is 0.415. The Balaban J connectivity index is 2.24. The van der Waals surface area contributed by atoms with Crippen LogP contribution in [-0.2, 0) is 0 Å². The summed E-state index contributed by atoms with van der Waals surface area (Å²) in [6, 6.07) is 6.16. The first kappa shape index (κ1) is 12.2. The molecule has 1 heterocycles. The standard InChI is InChI=1S/C13H17N5/c1-9-4-5-10(6-11(9)18(2)3)17-13-8-15-12(14)7-16-13/h4-8H,1-3H3,(H2,14,15)(H,16,17). The lowest BCUT2D eigenvalue weighted by Crippen LogP contribution is -2.10. The van der Waals surface area contributed by atoms with Crippen molar-refractivity contribution in [3.8, 4) is 0 Å². The molecule has 0 amide bonds. The van der Waals surface area contributed by atoms with Gasteiger partial charge in [-0.1, -0.05) is 6.07 Å². The summed E-state index contributed by atoms with van der Waals surface area (Å²) in [5, 5.41) is 3.20. The van der Waals surface area contributed by atoms with Gasteiger partial charge in [0.15, 0.2) is 0 Å². The number of nitrogen functional groups attached to an aromatic ring is 1. The summed E-state index contributed by atoms with van der Waals surface area (Å²) in [6.45, 7) is 2.09. The third kappa shape index (κ3) is 2.68. The van der Waals surface area contributed by atoms with Crippen molar-refractivity contribution >= 4 is 23.0 Å². The van der Waals surface area contributed by atoms with E-state index in [0.717, 1.165) is 5.69 Å². The van der Waals surface area contributed by atoms with Crippen LogP contribution in [-0.4, -0.2) is 24.1 Å². The fraction of sp³-hybridized carbons (Fsp3) is 0.231. The molecule has 1 aromatic heterocycles. The summed E-state index contributed by atoms with van der Waals surface area (Å²) < 4.78 is 0. The van der Waals surface area contributed by atoms with E-state index >= 15 is 0 Å². The van der Waals surface area contributed by atoms with Crippen molar-refractivity contribution in [2.24, 2.45) is 0 Å². The normalized spacial score (nSPS) is 10.2. The molecule has 5 nitrogen and oxygen atoms in total. The number of aromatic nitrogens is 2. The van der Waals surface area contributed by atoms with Crippen LogP contribution in [0, 0.1) is 6.92 Å². The van der Waals surface area contributed by atoms with Gasteiger partial charge in [0.25, 0.3) is 0 Å². The van der Waals surface area contributed by atoms with Gasteiger partial charge in [0.2, 0.25) is 0 Å². The van der Waals surface area contributed by atoms with Crippen molar-refractivity contribution in [1.29, 1.82) is 0 Å². The summed E-state index contributed by atoms with van der Waals surface area (Å²) in [4.78, 5) is 10.2. The van der Waals surface area contributed by atoms with Crippen LogP contribution in [0.1, 0.15) is 5.56 Å². The minimum atomic E-state index is 0.415. The number of hydrogen-bond donors (Lipinski definition) is 2. The molecule has 0 aliphatic heterocycles. The van der Waals surface area contributed by atoms with Crippen LogP contribution in [0.15, 0.2) is 30.6 Å². The van der Waals surface area contributed by atoms with Crippen LogP contribution in [0.3, 0.4) is 0 Å². The Bertz CT molecular complexity index is 534. The molecule has 0 spiro atoms. The van der Waals surface area contributed by atoms with Gasteiger partial charge in [-0.25, -0.2) is 9.97 Å². The molecule has 5 heteroatoms. The zero-order chi connectivity index (χ0) is 13.1. The zero-order valence-electron chi connectivity index (χ0n) is 10.8. The average molecular weight is 243 g/mol. The molecular weight excluding hydrogens is 226 g/mol. The van der Waals surface area contributed by atoms with Crippen LogP contribution in [0.25, 0.3) is 0 Å². The monoisotopic (exact) mass is 243 g/mol. The molecule has 0 unspecified atom stereocenters. The predicted molar refractivity (Wildman–Crippen MR) is 75.2 cm³/mol. The molecule has 2 aromatic rings. The van der Waals surface area contributed by atoms with E-state index in [-0.39, 0.29) is 0 Å². The number of rotatable bonds is 3. The number of nitrogens with zero attached hydrogens (tertiary/aromatic N) is 3. The number of hydrogen-bond acceptors (Lipinski definition) is 5. The van der Waals surface area contributed by atoms with Crippen molar-refractivity contribution in [3.63, 3.8) is 0 Å². The number of nitrogens with one attached hydrogen (secondary N) is 1. The number of benzene rings is 1. The van der Waals surface area contributed by atoms with Crippen molar-refractivity contribution in [3.05, 3.63) is 36.2 Å². The Hall–Kier alpha value is -2.30. The first-order valence-corrected chi connectivity index (χ1v) is 5.69. The molecule has 94 valence electrons. The Morgan fingerprint density at radius 3 is 2.56 bits per heavy atom. The highest BCUT2D eigenvalue weighted by Crippen LogP contribution is 2.24. The van der Waals surface area contributed by atoms with E-state index in [0.29, 0.717) is 11.6 Å². The van der Waals surface area contributed by atoms with Gasteiger partial charge in [0, 0.05) is 25.5 Å². The largest absolute Gasteiger partial charge is 0.382 e. The zero-order valence-corrected chi connectivity index (χ0v) is 10.8. The van der Waals surface area contributed by atoms with Gasteiger partial charge in [0.05, 0.1) is 12.4 Å². The van der Waals surface area contributed by atoms with Gasteiger partial charge < -0.3 is 16.0 Å². The maximum absolute atomic E-state index is 5.50. The molecule has 0 aliphatic rings. The molecule has 0 saturated heterocycles. The Kier molecular flexibility index (Phi) is 3.32. The van der Waals surface area contributed by atoms with Crippen LogP contribution in [0.5, 0.6) is 0 Å². The predicted octanol–water partition coefficient (Wildman–Crippen LogP) is 2.18. The molecule has 3 N–H and O–H groups in total. The molecule has 0 aliphatic carbocycles. The topological polar surface area (TPSA) is 67.1 Å². The molecule has 1 aromatic carbocycles. The van der Waals surface area contributed by atoms with Gasteiger partial charge in [-0.15, -0.1) is 0 Å². The van der Waals surface area contributed by atoms with E-state index in [1.165, 1.54) is 17.4 Å². The van der Waals surface area contributed by atoms with Crippen LogP contribution < -0.4 is 16.0 Å². The second kappa shape index (κ2) is 4.91. The van der Waals surface area contributed by atoms with E-state index < -0.39 is 0 Å². The molecule has 0 fully saturated rings. The van der Waals surface area contributed by atoms with E-state index in [4.69, 9.17) is 5.73 Å². The van der Waals surface area contributed by atoms with Crippen LogP contribution >= 0.6 is 0 Å². The summed E-state index contributed by atoms with van der Waals surface area (Å²) in [5.74, 6) is 1.09. The SMILES string of the molecule is Cc1ccc(Nc2cnc(N)cn2)cc1N(C)C. The number of aryl methyl sites for hydroxylation is 1. The number of nitrogens with two attached hydrogens (primary N) is 1. The lowest BCUT2D eigenvalue weighted by atomic mass is 10.1. The molecule has 0 saturated carbocycles. The molecule has 18 heavy (non-hydrogen) atoms. The highest BCUT2D eigenvalue weighted by molar-refractivity contribution is 5.65. The van der Waals surface area contributed by atoms with Gasteiger partial charge in [-0.3, -0.25) is 0 Å². The third-order valence-electron chi connectivity index (χ3n) is 2.64. The molecule has 0 bridgehead atoms. The summed E-state index contributed by atoms with van der Waals surface area (Å²) in [6.07, 6.45) is 3.15. The minimum Gasteiger partial charge on any atom is -0.382 e. The lowest BCUT2D eigenvalue weighted by molar-refractivity contribution is 1.11. The van der Waals surface area contributed by atoms with Crippen molar-refractivity contribution < 1.29 is 0 Å². The van der Waals surface area contributed by atoms with Gasteiger partial charge >= 0.3 is 0 Å². The summed E-state index contributed by atoms with van der Waals surface area (Å²) in [5.41, 5.74) is 8.87. The Morgan fingerprint density at radius 1 is 1.17 bits per heavy atom.